The highest BCUT2D eigenvalue weighted by atomic mass is 16.6. The standard InChI is InChI=1S/C27H33N3O3/c1-3-22-7-9-23(10-8-22)24-5-4-6-25(20-24)29-15-13-28(14-16-29)17-18-33-26-11-12-27(30(31)32)21(2)19-26/h4,6-12,19-20,24H,3,5,13-18H2,1-2H3. The molecule has 0 spiro atoms. The summed E-state index contributed by atoms with van der Waals surface area (Å²) in [7, 11) is 0. The van der Waals surface area contributed by atoms with Crippen LogP contribution < -0.4 is 4.74 Å². The fourth-order valence-corrected chi connectivity index (χ4v) is 4.55. The Labute approximate surface area is 196 Å². The Morgan fingerprint density at radius 2 is 1.85 bits per heavy atom. The molecule has 1 heterocycles. The molecule has 2 aliphatic rings. The Hall–Kier alpha value is -3.12. The van der Waals surface area contributed by atoms with E-state index in [4.69, 9.17) is 4.74 Å². The molecule has 0 amide bonds. The summed E-state index contributed by atoms with van der Waals surface area (Å²) < 4.78 is 5.85. The number of nitro groups is 1. The van der Waals surface area contributed by atoms with Gasteiger partial charge in [0.2, 0.25) is 0 Å². The molecular formula is C27H33N3O3. The van der Waals surface area contributed by atoms with Crippen molar-refractivity contribution in [2.45, 2.75) is 32.6 Å². The van der Waals surface area contributed by atoms with Gasteiger partial charge in [-0.05, 0) is 49.1 Å². The molecule has 1 unspecified atom stereocenters. The first-order chi connectivity index (χ1) is 16.0. The van der Waals surface area contributed by atoms with Crippen molar-refractivity contribution in [1.82, 2.24) is 9.80 Å². The van der Waals surface area contributed by atoms with Gasteiger partial charge in [-0.15, -0.1) is 0 Å². The van der Waals surface area contributed by atoms with Gasteiger partial charge in [-0.2, -0.15) is 0 Å². The number of piperazine rings is 1. The third kappa shape index (κ3) is 5.82. The predicted octanol–water partition coefficient (Wildman–Crippen LogP) is 5.09. The van der Waals surface area contributed by atoms with Crippen LogP contribution in [0.1, 0.15) is 36.0 Å². The van der Waals surface area contributed by atoms with Crippen molar-refractivity contribution < 1.29 is 9.66 Å². The molecule has 1 aliphatic carbocycles. The number of nitrogens with zero attached hydrogens (tertiary/aromatic N) is 3. The summed E-state index contributed by atoms with van der Waals surface area (Å²) in [6.07, 6.45) is 9.15. The molecule has 174 valence electrons. The van der Waals surface area contributed by atoms with E-state index in [2.05, 4.69) is 59.2 Å². The first-order valence-corrected chi connectivity index (χ1v) is 11.9. The van der Waals surface area contributed by atoms with Crippen LogP contribution in [0.4, 0.5) is 5.69 Å². The average Bonchev–Trinajstić information content (AvgIpc) is 2.84. The molecule has 6 heteroatoms. The van der Waals surface area contributed by atoms with Crippen molar-refractivity contribution in [3.63, 3.8) is 0 Å². The van der Waals surface area contributed by atoms with Gasteiger partial charge in [0.1, 0.15) is 12.4 Å². The largest absolute Gasteiger partial charge is 0.492 e. The maximum Gasteiger partial charge on any atom is 0.272 e. The van der Waals surface area contributed by atoms with E-state index < -0.39 is 0 Å². The van der Waals surface area contributed by atoms with Crippen LogP contribution in [-0.2, 0) is 6.42 Å². The van der Waals surface area contributed by atoms with Crippen molar-refractivity contribution in [1.29, 1.82) is 0 Å². The molecule has 33 heavy (non-hydrogen) atoms. The lowest BCUT2D eigenvalue weighted by Crippen LogP contribution is -2.46. The Bertz CT molecular complexity index is 1020. The normalized spacial score (nSPS) is 18.8. The molecule has 4 rings (SSSR count). The van der Waals surface area contributed by atoms with Crippen LogP contribution in [0.15, 0.2) is 66.4 Å². The third-order valence-corrected chi connectivity index (χ3v) is 6.65. The summed E-state index contributed by atoms with van der Waals surface area (Å²) in [4.78, 5) is 15.5. The smallest absolute Gasteiger partial charge is 0.272 e. The zero-order chi connectivity index (χ0) is 23.2. The van der Waals surface area contributed by atoms with E-state index in [0.29, 0.717) is 23.8 Å². The van der Waals surface area contributed by atoms with E-state index in [-0.39, 0.29) is 10.6 Å². The van der Waals surface area contributed by atoms with Crippen molar-refractivity contribution in [3.05, 3.63) is 93.2 Å². The van der Waals surface area contributed by atoms with Crippen LogP contribution >= 0.6 is 0 Å². The predicted molar refractivity (Wildman–Crippen MR) is 132 cm³/mol. The summed E-state index contributed by atoms with van der Waals surface area (Å²) in [6, 6.07) is 14.0. The molecule has 1 aliphatic heterocycles. The summed E-state index contributed by atoms with van der Waals surface area (Å²) in [5.41, 5.74) is 4.87. The Morgan fingerprint density at radius 3 is 2.52 bits per heavy atom. The Morgan fingerprint density at radius 1 is 1.09 bits per heavy atom. The lowest BCUT2D eigenvalue weighted by Gasteiger charge is -2.37. The molecule has 1 fully saturated rings. The molecule has 0 aromatic heterocycles. The van der Waals surface area contributed by atoms with Crippen LogP contribution in [-0.4, -0.2) is 54.1 Å². The monoisotopic (exact) mass is 447 g/mol. The highest BCUT2D eigenvalue weighted by Crippen LogP contribution is 2.29. The van der Waals surface area contributed by atoms with Gasteiger partial charge in [-0.3, -0.25) is 15.0 Å². The van der Waals surface area contributed by atoms with Gasteiger partial charge in [0.25, 0.3) is 5.69 Å². The highest BCUT2D eigenvalue weighted by molar-refractivity contribution is 5.44. The lowest BCUT2D eigenvalue weighted by molar-refractivity contribution is -0.385. The van der Waals surface area contributed by atoms with Gasteiger partial charge < -0.3 is 9.64 Å². The summed E-state index contributed by atoms with van der Waals surface area (Å²) in [5.74, 6) is 1.14. The Kier molecular flexibility index (Phi) is 7.45. The molecule has 0 N–H and O–H groups in total. The summed E-state index contributed by atoms with van der Waals surface area (Å²) >= 11 is 0. The van der Waals surface area contributed by atoms with Crippen LogP contribution in [0, 0.1) is 17.0 Å². The van der Waals surface area contributed by atoms with Gasteiger partial charge in [0.15, 0.2) is 0 Å². The average molecular weight is 448 g/mol. The molecule has 0 bridgehead atoms. The minimum absolute atomic E-state index is 0.129. The van der Waals surface area contributed by atoms with Crippen molar-refractivity contribution in [2.75, 3.05) is 39.3 Å². The van der Waals surface area contributed by atoms with E-state index >= 15 is 0 Å². The minimum atomic E-state index is -0.361. The lowest BCUT2D eigenvalue weighted by atomic mass is 9.90. The number of aryl methyl sites for hydroxylation is 2. The molecule has 1 saturated heterocycles. The summed E-state index contributed by atoms with van der Waals surface area (Å²) in [5, 5.41) is 11.0. The zero-order valence-electron chi connectivity index (χ0n) is 19.6. The molecule has 2 aromatic carbocycles. The van der Waals surface area contributed by atoms with E-state index in [0.717, 1.165) is 45.6 Å². The molecule has 0 radical (unpaired) electrons. The second kappa shape index (κ2) is 10.7. The maximum atomic E-state index is 11.0. The molecule has 1 atom stereocenters. The molecule has 0 saturated carbocycles. The number of benzene rings is 2. The van der Waals surface area contributed by atoms with Crippen molar-refractivity contribution >= 4 is 5.69 Å². The van der Waals surface area contributed by atoms with Crippen LogP contribution in [0.25, 0.3) is 0 Å². The SMILES string of the molecule is CCc1ccc(C2C=C(N3CCN(CCOc4ccc([N+](=O)[O-])c(C)c4)CC3)C=CC2)cc1. The van der Waals surface area contributed by atoms with E-state index in [1.54, 1.807) is 19.1 Å². The van der Waals surface area contributed by atoms with Crippen molar-refractivity contribution in [2.24, 2.45) is 0 Å². The van der Waals surface area contributed by atoms with Crippen LogP contribution in [0.5, 0.6) is 5.75 Å². The molecule has 6 nitrogen and oxygen atoms in total. The minimum Gasteiger partial charge on any atom is -0.492 e. The van der Waals surface area contributed by atoms with Gasteiger partial charge in [-0.25, -0.2) is 0 Å². The van der Waals surface area contributed by atoms with E-state index in [9.17, 15) is 10.1 Å². The number of allylic oxidation sites excluding steroid dienone is 3. The number of rotatable bonds is 8. The number of hydrogen-bond acceptors (Lipinski definition) is 5. The third-order valence-electron chi connectivity index (χ3n) is 6.65. The van der Waals surface area contributed by atoms with Crippen molar-refractivity contribution in [3.8, 4) is 5.75 Å². The second-order valence-corrected chi connectivity index (χ2v) is 8.81. The maximum absolute atomic E-state index is 11.0. The quantitative estimate of drug-likeness (QED) is 0.417. The second-order valence-electron chi connectivity index (χ2n) is 8.81. The number of nitro benzene ring substituents is 1. The highest BCUT2D eigenvalue weighted by Gasteiger charge is 2.21. The molecular weight excluding hydrogens is 414 g/mol. The topological polar surface area (TPSA) is 58.8 Å². The fraction of sp³-hybridized carbons (Fsp3) is 0.407. The van der Waals surface area contributed by atoms with E-state index in [1.807, 2.05) is 0 Å². The fourth-order valence-electron chi connectivity index (χ4n) is 4.55. The van der Waals surface area contributed by atoms with E-state index in [1.165, 1.54) is 22.9 Å². The summed E-state index contributed by atoms with van der Waals surface area (Å²) in [6.45, 7) is 9.39. The van der Waals surface area contributed by atoms with Gasteiger partial charge in [0, 0.05) is 56.0 Å². The van der Waals surface area contributed by atoms with Gasteiger partial charge >= 0.3 is 0 Å². The Balaban J connectivity index is 1.25. The first kappa shape index (κ1) is 23.1. The zero-order valence-corrected chi connectivity index (χ0v) is 19.6. The van der Waals surface area contributed by atoms with Gasteiger partial charge in [-0.1, -0.05) is 43.3 Å². The van der Waals surface area contributed by atoms with Crippen LogP contribution in [0.2, 0.25) is 0 Å². The number of hydrogen-bond donors (Lipinski definition) is 0. The van der Waals surface area contributed by atoms with Crippen LogP contribution in [0.3, 0.4) is 0 Å². The molecule has 2 aromatic rings. The first-order valence-electron chi connectivity index (χ1n) is 11.9. The van der Waals surface area contributed by atoms with Gasteiger partial charge in [0.05, 0.1) is 4.92 Å². The number of ether oxygens (including phenoxy) is 1.